The quantitative estimate of drug-likeness (QED) is 0.709. The van der Waals surface area contributed by atoms with E-state index in [-0.39, 0.29) is 0 Å². The number of nitrogens with one attached hydrogen (secondary N) is 1. The van der Waals surface area contributed by atoms with E-state index in [1.165, 1.54) is 12.8 Å². The first-order chi connectivity index (χ1) is 7.13. The van der Waals surface area contributed by atoms with Gasteiger partial charge in [-0.2, -0.15) is 0 Å². The number of likely N-dealkylation sites (tertiary alicyclic amines) is 1. The average Bonchev–Trinajstić information content (AvgIpc) is 2.23. The smallest absolute Gasteiger partial charge is 0.222 e. The van der Waals surface area contributed by atoms with Crippen LogP contribution in [0.15, 0.2) is 0 Å². The van der Waals surface area contributed by atoms with Gasteiger partial charge in [-0.3, -0.25) is 4.79 Å². The summed E-state index contributed by atoms with van der Waals surface area (Å²) in [5.74, 6) is 0.348. The van der Waals surface area contributed by atoms with Crippen LogP contribution in [0.2, 0.25) is 0 Å². The van der Waals surface area contributed by atoms with Gasteiger partial charge >= 0.3 is 0 Å². The van der Waals surface area contributed by atoms with E-state index >= 15 is 0 Å². The topological polar surface area (TPSA) is 32.3 Å². The standard InChI is InChI=1S/C12H22N2O/c1-10(2)14-9-12(6-4-11(14)15)5-3-7-13-8-12/h10,13H,3-9H2,1-2H3. The first kappa shape index (κ1) is 10.9. The van der Waals surface area contributed by atoms with Crippen LogP contribution >= 0.6 is 0 Å². The summed E-state index contributed by atoms with van der Waals surface area (Å²) < 4.78 is 0. The lowest BCUT2D eigenvalue weighted by atomic mass is 9.74. The number of hydrogen-bond acceptors (Lipinski definition) is 2. The van der Waals surface area contributed by atoms with E-state index in [4.69, 9.17) is 0 Å². The Morgan fingerprint density at radius 1 is 1.40 bits per heavy atom. The maximum absolute atomic E-state index is 11.8. The second-order valence-electron chi connectivity index (χ2n) is 5.40. The molecule has 2 saturated heterocycles. The zero-order chi connectivity index (χ0) is 10.9. The molecule has 0 aromatic rings. The molecule has 1 N–H and O–H groups in total. The Balaban J connectivity index is 2.06. The molecule has 0 aromatic carbocycles. The molecule has 0 bridgehead atoms. The number of piperidine rings is 2. The van der Waals surface area contributed by atoms with Crippen molar-refractivity contribution in [3.8, 4) is 0 Å². The van der Waals surface area contributed by atoms with E-state index in [0.717, 1.165) is 32.5 Å². The van der Waals surface area contributed by atoms with E-state index < -0.39 is 0 Å². The van der Waals surface area contributed by atoms with Crippen molar-refractivity contribution in [3.05, 3.63) is 0 Å². The minimum atomic E-state index is 0.348. The van der Waals surface area contributed by atoms with Crippen molar-refractivity contribution in [3.63, 3.8) is 0 Å². The van der Waals surface area contributed by atoms with E-state index in [1.807, 2.05) is 0 Å². The first-order valence-corrected chi connectivity index (χ1v) is 6.13. The van der Waals surface area contributed by atoms with Crippen molar-refractivity contribution in [2.45, 2.75) is 45.6 Å². The summed E-state index contributed by atoms with van der Waals surface area (Å²) in [6.07, 6.45) is 4.39. The zero-order valence-corrected chi connectivity index (χ0v) is 9.88. The van der Waals surface area contributed by atoms with Crippen LogP contribution in [-0.2, 0) is 4.79 Å². The number of nitrogens with zero attached hydrogens (tertiary/aromatic N) is 1. The van der Waals surface area contributed by atoms with Crippen molar-refractivity contribution in [2.75, 3.05) is 19.6 Å². The fourth-order valence-electron chi connectivity index (χ4n) is 2.89. The van der Waals surface area contributed by atoms with E-state index in [2.05, 4.69) is 24.1 Å². The molecular weight excluding hydrogens is 188 g/mol. The van der Waals surface area contributed by atoms with Gasteiger partial charge in [0.2, 0.25) is 5.91 Å². The van der Waals surface area contributed by atoms with Crippen LogP contribution in [0.5, 0.6) is 0 Å². The summed E-state index contributed by atoms with van der Waals surface area (Å²) in [5.41, 5.74) is 0.385. The van der Waals surface area contributed by atoms with Crippen molar-refractivity contribution in [1.29, 1.82) is 0 Å². The molecule has 1 spiro atoms. The molecular formula is C12H22N2O. The third kappa shape index (κ3) is 2.17. The molecule has 2 fully saturated rings. The molecule has 0 aliphatic carbocycles. The third-order valence-electron chi connectivity index (χ3n) is 3.88. The minimum Gasteiger partial charge on any atom is -0.340 e. The van der Waals surface area contributed by atoms with E-state index in [1.54, 1.807) is 0 Å². The van der Waals surface area contributed by atoms with Crippen molar-refractivity contribution in [2.24, 2.45) is 5.41 Å². The summed E-state index contributed by atoms with van der Waals surface area (Å²) in [4.78, 5) is 13.8. The molecule has 3 heteroatoms. The Morgan fingerprint density at radius 2 is 2.20 bits per heavy atom. The molecule has 3 nitrogen and oxygen atoms in total. The van der Waals surface area contributed by atoms with Gasteiger partial charge in [-0.05, 0) is 39.7 Å². The van der Waals surface area contributed by atoms with Crippen LogP contribution < -0.4 is 5.32 Å². The third-order valence-corrected chi connectivity index (χ3v) is 3.88. The van der Waals surface area contributed by atoms with Gasteiger partial charge in [-0.25, -0.2) is 0 Å². The van der Waals surface area contributed by atoms with Crippen LogP contribution in [0, 0.1) is 5.41 Å². The molecule has 2 heterocycles. The molecule has 0 radical (unpaired) electrons. The molecule has 15 heavy (non-hydrogen) atoms. The van der Waals surface area contributed by atoms with E-state index in [0.29, 0.717) is 17.4 Å². The molecule has 2 aliphatic rings. The Kier molecular flexibility index (Phi) is 3.01. The summed E-state index contributed by atoms with van der Waals surface area (Å²) >= 11 is 0. The average molecular weight is 210 g/mol. The molecule has 1 unspecified atom stereocenters. The van der Waals surface area contributed by atoms with Gasteiger partial charge in [0.1, 0.15) is 0 Å². The fourth-order valence-corrected chi connectivity index (χ4v) is 2.89. The summed E-state index contributed by atoms with van der Waals surface area (Å²) in [6.45, 7) is 7.46. The highest BCUT2D eigenvalue weighted by Crippen LogP contribution is 2.36. The van der Waals surface area contributed by atoms with Gasteiger partial charge in [0.25, 0.3) is 0 Å². The predicted molar refractivity (Wildman–Crippen MR) is 60.6 cm³/mol. The summed E-state index contributed by atoms with van der Waals surface area (Å²) in [5, 5.41) is 3.48. The molecule has 1 amide bonds. The normalized spacial score (nSPS) is 32.7. The maximum Gasteiger partial charge on any atom is 0.222 e. The Morgan fingerprint density at radius 3 is 2.80 bits per heavy atom. The minimum absolute atomic E-state index is 0.348. The molecule has 86 valence electrons. The predicted octanol–water partition coefficient (Wildman–Crippen LogP) is 1.39. The van der Waals surface area contributed by atoms with Crippen molar-refractivity contribution >= 4 is 5.91 Å². The van der Waals surface area contributed by atoms with Gasteiger partial charge in [-0.15, -0.1) is 0 Å². The lowest BCUT2D eigenvalue weighted by molar-refractivity contribution is -0.140. The molecule has 1 atom stereocenters. The maximum atomic E-state index is 11.8. The molecule has 2 rings (SSSR count). The fraction of sp³-hybridized carbons (Fsp3) is 0.917. The Bertz CT molecular complexity index is 244. The highest BCUT2D eigenvalue weighted by molar-refractivity contribution is 5.77. The summed E-state index contributed by atoms with van der Waals surface area (Å²) in [7, 11) is 0. The number of carbonyl (C=O) groups excluding carboxylic acids is 1. The number of rotatable bonds is 1. The summed E-state index contributed by atoms with van der Waals surface area (Å²) in [6, 6.07) is 0.358. The van der Waals surface area contributed by atoms with Gasteiger partial charge in [0.15, 0.2) is 0 Å². The van der Waals surface area contributed by atoms with Crippen molar-refractivity contribution in [1.82, 2.24) is 10.2 Å². The largest absolute Gasteiger partial charge is 0.340 e. The highest BCUT2D eigenvalue weighted by atomic mass is 16.2. The van der Waals surface area contributed by atoms with Crippen molar-refractivity contribution < 1.29 is 4.79 Å². The second-order valence-corrected chi connectivity index (χ2v) is 5.40. The second kappa shape index (κ2) is 4.12. The van der Waals surface area contributed by atoms with Crippen LogP contribution in [0.4, 0.5) is 0 Å². The van der Waals surface area contributed by atoms with Gasteiger partial charge in [-0.1, -0.05) is 0 Å². The van der Waals surface area contributed by atoms with Crippen LogP contribution in [-0.4, -0.2) is 36.5 Å². The lowest BCUT2D eigenvalue weighted by Gasteiger charge is -2.46. The lowest BCUT2D eigenvalue weighted by Crippen LogP contribution is -2.54. The zero-order valence-electron chi connectivity index (χ0n) is 9.88. The van der Waals surface area contributed by atoms with Crippen LogP contribution in [0.25, 0.3) is 0 Å². The van der Waals surface area contributed by atoms with E-state index in [9.17, 15) is 4.79 Å². The Hall–Kier alpha value is -0.570. The monoisotopic (exact) mass is 210 g/mol. The Labute approximate surface area is 92.2 Å². The SMILES string of the molecule is CC(C)N1CC2(CCCNC2)CCC1=O. The highest BCUT2D eigenvalue weighted by Gasteiger charge is 2.39. The number of amides is 1. The van der Waals surface area contributed by atoms with Gasteiger partial charge < -0.3 is 10.2 Å². The molecule has 0 aromatic heterocycles. The molecule has 0 saturated carbocycles. The number of carbonyl (C=O) groups is 1. The van der Waals surface area contributed by atoms with Gasteiger partial charge in [0.05, 0.1) is 0 Å². The van der Waals surface area contributed by atoms with Crippen LogP contribution in [0.3, 0.4) is 0 Å². The number of hydrogen-bond donors (Lipinski definition) is 1. The first-order valence-electron chi connectivity index (χ1n) is 6.13. The van der Waals surface area contributed by atoms with Gasteiger partial charge in [0, 0.05) is 31.0 Å². The molecule has 2 aliphatic heterocycles. The van der Waals surface area contributed by atoms with Crippen LogP contribution in [0.1, 0.15) is 39.5 Å².